The molecule has 7 heteroatoms. The van der Waals surface area contributed by atoms with Gasteiger partial charge < -0.3 is 10.1 Å². The molecule has 1 aromatic heterocycles. The third-order valence-electron chi connectivity index (χ3n) is 4.40. The van der Waals surface area contributed by atoms with Gasteiger partial charge in [-0.1, -0.05) is 51.1 Å². The minimum atomic E-state index is -0.114. The molecule has 25 heavy (non-hydrogen) atoms. The van der Waals surface area contributed by atoms with E-state index in [9.17, 15) is 4.79 Å². The third-order valence-corrected chi connectivity index (χ3v) is 4.40. The Labute approximate surface area is 147 Å². The Bertz CT molecular complexity index is 708. The number of ether oxygens (including phenoxy) is 1. The monoisotopic (exact) mass is 343 g/mol. The van der Waals surface area contributed by atoms with Crippen molar-refractivity contribution in [2.24, 2.45) is 11.3 Å². The van der Waals surface area contributed by atoms with E-state index in [2.05, 4.69) is 41.5 Å². The van der Waals surface area contributed by atoms with Crippen molar-refractivity contribution in [2.45, 2.75) is 39.8 Å². The molecule has 2 aromatic rings. The predicted molar refractivity (Wildman–Crippen MR) is 93.6 cm³/mol. The number of carbonyl (C=O) groups is 1. The molecule has 0 spiro atoms. The third kappa shape index (κ3) is 4.42. The lowest BCUT2D eigenvalue weighted by molar-refractivity contribution is -0.122. The topological polar surface area (TPSA) is 81.9 Å². The molecule has 1 amide bonds. The maximum atomic E-state index is 12.2. The lowest BCUT2D eigenvalue weighted by Gasteiger charge is -2.31. The SMILES string of the molecule is CC(C)(C)[C@H]1OCC[C@@H]1CNC(=O)Cn1nnc(-c2ccccc2)n1. The first-order valence-electron chi connectivity index (χ1n) is 8.65. The number of hydrogen-bond acceptors (Lipinski definition) is 5. The van der Waals surface area contributed by atoms with Gasteiger partial charge in [-0.15, -0.1) is 10.2 Å². The molecule has 0 saturated carbocycles. The van der Waals surface area contributed by atoms with E-state index in [1.54, 1.807) is 0 Å². The number of benzene rings is 1. The average molecular weight is 343 g/mol. The Balaban J connectivity index is 1.52. The molecule has 1 aliphatic rings. The molecule has 2 atom stereocenters. The molecule has 2 heterocycles. The average Bonchev–Trinajstić information content (AvgIpc) is 3.22. The van der Waals surface area contributed by atoms with E-state index in [0.717, 1.165) is 18.6 Å². The Hall–Kier alpha value is -2.28. The van der Waals surface area contributed by atoms with Gasteiger partial charge in [-0.3, -0.25) is 4.79 Å². The second-order valence-corrected chi connectivity index (χ2v) is 7.52. The summed E-state index contributed by atoms with van der Waals surface area (Å²) in [5, 5.41) is 15.2. The number of rotatable bonds is 5. The molecule has 134 valence electrons. The van der Waals surface area contributed by atoms with E-state index in [0.29, 0.717) is 18.3 Å². The van der Waals surface area contributed by atoms with Gasteiger partial charge in [0.25, 0.3) is 0 Å². The summed E-state index contributed by atoms with van der Waals surface area (Å²) in [6.07, 6.45) is 1.14. The minimum absolute atomic E-state index is 0.0631. The second kappa shape index (κ2) is 7.31. The summed E-state index contributed by atoms with van der Waals surface area (Å²) in [7, 11) is 0. The molecule has 1 saturated heterocycles. The molecule has 7 nitrogen and oxygen atoms in total. The van der Waals surface area contributed by atoms with Crippen molar-refractivity contribution < 1.29 is 9.53 Å². The van der Waals surface area contributed by atoms with Crippen molar-refractivity contribution in [3.05, 3.63) is 30.3 Å². The first kappa shape index (κ1) is 17.5. The number of tetrazole rings is 1. The van der Waals surface area contributed by atoms with E-state index >= 15 is 0 Å². The van der Waals surface area contributed by atoms with Gasteiger partial charge in [-0.2, -0.15) is 4.80 Å². The Kier molecular flexibility index (Phi) is 5.13. The maximum Gasteiger partial charge on any atom is 0.243 e. The molecular weight excluding hydrogens is 318 g/mol. The van der Waals surface area contributed by atoms with Crippen LogP contribution in [-0.4, -0.2) is 45.4 Å². The van der Waals surface area contributed by atoms with Crippen LogP contribution in [0.5, 0.6) is 0 Å². The summed E-state index contributed by atoms with van der Waals surface area (Å²) < 4.78 is 5.84. The van der Waals surface area contributed by atoms with E-state index in [-0.39, 0.29) is 24.0 Å². The number of amides is 1. The normalized spacial score (nSPS) is 20.6. The van der Waals surface area contributed by atoms with Crippen molar-refractivity contribution in [1.29, 1.82) is 0 Å². The van der Waals surface area contributed by atoms with Gasteiger partial charge in [0.05, 0.1) is 6.10 Å². The van der Waals surface area contributed by atoms with Gasteiger partial charge in [-0.25, -0.2) is 0 Å². The smallest absolute Gasteiger partial charge is 0.243 e. The second-order valence-electron chi connectivity index (χ2n) is 7.52. The number of carbonyl (C=O) groups excluding carboxylic acids is 1. The number of nitrogens with one attached hydrogen (secondary N) is 1. The highest BCUT2D eigenvalue weighted by Crippen LogP contribution is 2.34. The fourth-order valence-electron chi connectivity index (χ4n) is 3.24. The van der Waals surface area contributed by atoms with Crippen LogP contribution in [-0.2, 0) is 16.1 Å². The van der Waals surface area contributed by atoms with Crippen LogP contribution in [0, 0.1) is 11.3 Å². The zero-order valence-electron chi connectivity index (χ0n) is 15.0. The molecular formula is C18H25N5O2. The Morgan fingerprint density at radius 3 is 2.80 bits per heavy atom. The largest absolute Gasteiger partial charge is 0.377 e. The van der Waals surface area contributed by atoms with E-state index < -0.39 is 0 Å². The van der Waals surface area contributed by atoms with Crippen LogP contribution in [0.1, 0.15) is 27.2 Å². The fourth-order valence-corrected chi connectivity index (χ4v) is 3.24. The summed E-state index contributed by atoms with van der Waals surface area (Å²) in [5.41, 5.74) is 0.953. The van der Waals surface area contributed by atoms with Gasteiger partial charge in [0.1, 0.15) is 6.54 Å². The summed E-state index contributed by atoms with van der Waals surface area (Å²) in [4.78, 5) is 13.5. The summed E-state index contributed by atoms with van der Waals surface area (Å²) in [5.74, 6) is 0.745. The van der Waals surface area contributed by atoms with E-state index in [4.69, 9.17) is 4.74 Å². The fraction of sp³-hybridized carbons (Fsp3) is 0.556. The van der Waals surface area contributed by atoms with Crippen LogP contribution in [0.3, 0.4) is 0 Å². The quantitative estimate of drug-likeness (QED) is 0.897. The van der Waals surface area contributed by atoms with Gasteiger partial charge >= 0.3 is 0 Å². The first-order chi connectivity index (χ1) is 11.9. The molecule has 0 radical (unpaired) electrons. The van der Waals surface area contributed by atoms with Gasteiger partial charge in [0.15, 0.2) is 0 Å². The number of nitrogens with zero attached hydrogens (tertiary/aromatic N) is 4. The zero-order valence-corrected chi connectivity index (χ0v) is 15.0. The Morgan fingerprint density at radius 1 is 1.32 bits per heavy atom. The highest BCUT2D eigenvalue weighted by Gasteiger charge is 2.37. The van der Waals surface area contributed by atoms with Crippen molar-refractivity contribution in [3.63, 3.8) is 0 Å². The highest BCUT2D eigenvalue weighted by atomic mass is 16.5. The summed E-state index contributed by atoms with van der Waals surface area (Å²) in [6, 6.07) is 9.58. The molecule has 1 fully saturated rings. The van der Waals surface area contributed by atoms with Gasteiger partial charge in [0, 0.05) is 24.6 Å². The van der Waals surface area contributed by atoms with Gasteiger partial charge in [-0.05, 0) is 17.0 Å². The molecule has 3 rings (SSSR count). The van der Waals surface area contributed by atoms with Crippen molar-refractivity contribution in [1.82, 2.24) is 25.5 Å². The zero-order chi connectivity index (χ0) is 17.9. The number of hydrogen-bond donors (Lipinski definition) is 1. The van der Waals surface area contributed by atoms with E-state index in [1.165, 1.54) is 4.80 Å². The number of aromatic nitrogens is 4. The Morgan fingerprint density at radius 2 is 2.08 bits per heavy atom. The van der Waals surface area contributed by atoms with Crippen molar-refractivity contribution in [3.8, 4) is 11.4 Å². The van der Waals surface area contributed by atoms with Crippen LogP contribution in [0.2, 0.25) is 0 Å². The molecule has 0 bridgehead atoms. The summed E-state index contributed by atoms with van der Waals surface area (Å²) in [6.45, 7) is 7.94. The van der Waals surface area contributed by atoms with Crippen molar-refractivity contribution in [2.75, 3.05) is 13.2 Å². The molecule has 0 unspecified atom stereocenters. The van der Waals surface area contributed by atoms with Crippen LogP contribution < -0.4 is 5.32 Å². The highest BCUT2D eigenvalue weighted by molar-refractivity contribution is 5.75. The molecule has 1 aromatic carbocycles. The van der Waals surface area contributed by atoms with Crippen molar-refractivity contribution >= 4 is 5.91 Å². The van der Waals surface area contributed by atoms with Crippen LogP contribution in [0.15, 0.2) is 30.3 Å². The maximum absolute atomic E-state index is 12.2. The standard InChI is InChI=1S/C18H25N5O2/c1-18(2,3)16-14(9-10-25-16)11-19-15(24)12-23-21-17(20-22-23)13-7-5-4-6-8-13/h4-8,14,16H,9-12H2,1-3H3,(H,19,24)/t14-,16+/m1/s1. The molecule has 1 N–H and O–H groups in total. The lowest BCUT2D eigenvalue weighted by atomic mass is 9.81. The van der Waals surface area contributed by atoms with Gasteiger partial charge in [0.2, 0.25) is 11.7 Å². The lowest BCUT2D eigenvalue weighted by Crippen LogP contribution is -2.39. The molecule has 0 aliphatic carbocycles. The van der Waals surface area contributed by atoms with Crippen LogP contribution in [0.25, 0.3) is 11.4 Å². The van der Waals surface area contributed by atoms with Crippen LogP contribution in [0.4, 0.5) is 0 Å². The van der Waals surface area contributed by atoms with Crippen LogP contribution >= 0.6 is 0 Å². The molecule has 1 aliphatic heterocycles. The summed E-state index contributed by atoms with van der Waals surface area (Å²) >= 11 is 0. The van der Waals surface area contributed by atoms with E-state index in [1.807, 2.05) is 30.3 Å². The minimum Gasteiger partial charge on any atom is -0.377 e. The predicted octanol–water partition coefficient (Wildman–Crippen LogP) is 1.91. The first-order valence-corrected chi connectivity index (χ1v) is 8.65.